The average Bonchev–Trinajstić information content (AvgIpc) is 3.14. The van der Waals surface area contributed by atoms with Crippen LogP contribution in [-0.2, 0) is 22.4 Å². The van der Waals surface area contributed by atoms with Crippen molar-refractivity contribution < 1.29 is 14.4 Å². The van der Waals surface area contributed by atoms with E-state index in [0.29, 0.717) is 16.5 Å². The lowest BCUT2D eigenvalue weighted by atomic mass is 9.69. The van der Waals surface area contributed by atoms with E-state index in [4.69, 9.17) is 0 Å². The van der Waals surface area contributed by atoms with Crippen LogP contribution in [0.3, 0.4) is 0 Å². The van der Waals surface area contributed by atoms with Gasteiger partial charge in [-0.2, -0.15) is 5.26 Å². The third-order valence-electron chi connectivity index (χ3n) is 5.79. The topological polar surface area (TPSA) is 90.3 Å². The molecule has 1 aliphatic heterocycles. The maximum Gasteiger partial charge on any atom is 0.289 e. The third kappa shape index (κ3) is 3.90. The fraction of sp³-hybridized carbons (Fsp3) is 0.579. The molecule has 1 aromatic rings. The van der Waals surface area contributed by atoms with Crippen molar-refractivity contribution >= 4 is 45.2 Å². The standard InChI is InChI=1S/C19H23N3O3S2/c1-4-19(2,3)11-5-6-12-13(8-20)17(27-14(12)7-11)21-15(23)9-22-16(24)10-26-18(22)25/h11H,4-7,9-10H2,1-3H3,(H,21,23)/t11-/m0/s1. The van der Waals surface area contributed by atoms with E-state index in [1.807, 2.05) is 0 Å². The lowest BCUT2D eigenvalue weighted by Crippen LogP contribution is -2.36. The molecular weight excluding hydrogens is 382 g/mol. The molecule has 1 saturated heterocycles. The Hall–Kier alpha value is -1.85. The number of hydrogen-bond acceptors (Lipinski definition) is 6. The second-order valence-corrected chi connectivity index (χ2v) is 9.72. The van der Waals surface area contributed by atoms with Gasteiger partial charge in [0.2, 0.25) is 11.8 Å². The van der Waals surface area contributed by atoms with Gasteiger partial charge < -0.3 is 5.32 Å². The molecule has 2 aliphatic rings. The number of imide groups is 1. The van der Waals surface area contributed by atoms with Crippen LogP contribution in [-0.4, -0.2) is 34.3 Å². The van der Waals surface area contributed by atoms with Crippen LogP contribution in [0.4, 0.5) is 9.80 Å². The number of nitrogens with one attached hydrogen (secondary N) is 1. The van der Waals surface area contributed by atoms with Gasteiger partial charge in [0.05, 0.1) is 11.3 Å². The van der Waals surface area contributed by atoms with E-state index in [9.17, 15) is 19.6 Å². The molecule has 1 fully saturated rings. The van der Waals surface area contributed by atoms with E-state index in [0.717, 1.165) is 47.9 Å². The number of nitrogens with zero attached hydrogens (tertiary/aromatic N) is 2. The molecule has 0 saturated carbocycles. The second kappa shape index (κ2) is 7.64. The normalized spacial score (nSPS) is 19.8. The minimum atomic E-state index is -0.445. The average molecular weight is 406 g/mol. The summed E-state index contributed by atoms with van der Waals surface area (Å²) < 4.78 is 0. The quantitative estimate of drug-likeness (QED) is 0.805. The summed E-state index contributed by atoms with van der Waals surface area (Å²) in [5.41, 5.74) is 1.82. The van der Waals surface area contributed by atoms with Crippen LogP contribution in [0.5, 0.6) is 0 Å². The zero-order valence-electron chi connectivity index (χ0n) is 15.8. The summed E-state index contributed by atoms with van der Waals surface area (Å²) in [5.74, 6) is -0.159. The Morgan fingerprint density at radius 3 is 2.74 bits per heavy atom. The number of carbonyl (C=O) groups excluding carboxylic acids is 3. The van der Waals surface area contributed by atoms with Crippen LogP contribution in [0, 0.1) is 22.7 Å². The first-order chi connectivity index (χ1) is 12.8. The Morgan fingerprint density at radius 1 is 1.41 bits per heavy atom. The van der Waals surface area contributed by atoms with Gasteiger partial charge in [-0.15, -0.1) is 11.3 Å². The van der Waals surface area contributed by atoms with Crippen LogP contribution < -0.4 is 5.32 Å². The van der Waals surface area contributed by atoms with E-state index in [-0.39, 0.29) is 23.6 Å². The van der Waals surface area contributed by atoms with Crippen LogP contribution in [0.2, 0.25) is 0 Å². The summed E-state index contributed by atoms with van der Waals surface area (Å²) in [6, 6.07) is 2.23. The van der Waals surface area contributed by atoms with E-state index in [1.54, 1.807) is 0 Å². The Bertz CT molecular complexity index is 822. The molecular formula is C19H23N3O3S2. The zero-order valence-corrected chi connectivity index (χ0v) is 17.4. The van der Waals surface area contributed by atoms with Crippen LogP contribution in [0.25, 0.3) is 0 Å². The van der Waals surface area contributed by atoms with Gasteiger partial charge in [-0.05, 0) is 36.2 Å². The monoisotopic (exact) mass is 405 g/mol. The van der Waals surface area contributed by atoms with Gasteiger partial charge in [-0.3, -0.25) is 19.3 Å². The summed E-state index contributed by atoms with van der Waals surface area (Å²) in [6.07, 6.45) is 3.91. The summed E-state index contributed by atoms with van der Waals surface area (Å²) >= 11 is 2.36. The van der Waals surface area contributed by atoms with Gasteiger partial charge in [-0.1, -0.05) is 39.0 Å². The first-order valence-corrected chi connectivity index (χ1v) is 10.9. The van der Waals surface area contributed by atoms with Gasteiger partial charge in [-0.25, -0.2) is 0 Å². The van der Waals surface area contributed by atoms with Crippen molar-refractivity contribution in [2.45, 2.75) is 46.5 Å². The number of nitriles is 1. The Balaban J connectivity index is 1.76. The summed E-state index contributed by atoms with van der Waals surface area (Å²) in [4.78, 5) is 37.8. The molecule has 1 N–H and O–H groups in total. The number of rotatable bonds is 5. The first-order valence-electron chi connectivity index (χ1n) is 9.08. The van der Waals surface area contributed by atoms with Crippen LogP contribution in [0.1, 0.15) is 49.6 Å². The molecule has 144 valence electrons. The van der Waals surface area contributed by atoms with Gasteiger partial charge >= 0.3 is 0 Å². The number of hydrogen-bond donors (Lipinski definition) is 1. The van der Waals surface area contributed by atoms with Crippen molar-refractivity contribution in [2.24, 2.45) is 11.3 Å². The molecule has 8 heteroatoms. The van der Waals surface area contributed by atoms with Crippen LogP contribution >= 0.6 is 23.1 Å². The minimum Gasteiger partial charge on any atom is -0.315 e. The Labute approximate surface area is 167 Å². The van der Waals surface area contributed by atoms with E-state index < -0.39 is 11.1 Å². The fourth-order valence-corrected chi connectivity index (χ4v) is 5.61. The maximum absolute atomic E-state index is 12.3. The number of carbonyl (C=O) groups is 3. The highest BCUT2D eigenvalue weighted by Gasteiger charge is 2.35. The predicted molar refractivity (Wildman–Crippen MR) is 107 cm³/mol. The molecule has 1 atom stereocenters. The van der Waals surface area contributed by atoms with Crippen molar-refractivity contribution in [1.29, 1.82) is 5.26 Å². The molecule has 0 aromatic carbocycles. The summed E-state index contributed by atoms with van der Waals surface area (Å²) in [5, 5.41) is 12.5. The van der Waals surface area contributed by atoms with E-state index in [1.165, 1.54) is 16.2 Å². The molecule has 0 spiro atoms. The van der Waals surface area contributed by atoms with E-state index >= 15 is 0 Å². The smallest absolute Gasteiger partial charge is 0.289 e. The number of anilines is 1. The Morgan fingerprint density at radius 2 is 2.15 bits per heavy atom. The highest BCUT2D eigenvalue weighted by atomic mass is 32.2. The van der Waals surface area contributed by atoms with Crippen LogP contribution in [0.15, 0.2) is 0 Å². The molecule has 27 heavy (non-hydrogen) atoms. The van der Waals surface area contributed by atoms with Crippen molar-refractivity contribution in [3.63, 3.8) is 0 Å². The van der Waals surface area contributed by atoms with Crippen molar-refractivity contribution in [2.75, 3.05) is 17.6 Å². The maximum atomic E-state index is 12.3. The fourth-order valence-electron chi connectivity index (χ4n) is 3.59. The number of amides is 3. The van der Waals surface area contributed by atoms with E-state index in [2.05, 4.69) is 32.2 Å². The highest BCUT2D eigenvalue weighted by molar-refractivity contribution is 8.14. The van der Waals surface area contributed by atoms with Gasteiger partial charge in [0.15, 0.2) is 0 Å². The van der Waals surface area contributed by atoms with Crippen molar-refractivity contribution in [3.05, 3.63) is 16.0 Å². The molecule has 0 unspecified atom stereocenters. The molecule has 1 aliphatic carbocycles. The highest BCUT2D eigenvalue weighted by Crippen LogP contribution is 2.45. The SMILES string of the molecule is CCC(C)(C)[C@H]1CCc2c(sc(NC(=O)CN3C(=O)CSC3=O)c2C#N)C1. The first kappa shape index (κ1) is 19.9. The lowest BCUT2D eigenvalue weighted by Gasteiger charge is -2.36. The van der Waals surface area contributed by atoms with Crippen molar-refractivity contribution in [3.8, 4) is 6.07 Å². The second-order valence-electron chi connectivity index (χ2n) is 7.68. The summed E-state index contributed by atoms with van der Waals surface area (Å²) in [7, 11) is 0. The zero-order chi connectivity index (χ0) is 19.8. The third-order valence-corrected chi connectivity index (χ3v) is 7.82. The lowest BCUT2D eigenvalue weighted by molar-refractivity contribution is -0.128. The van der Waals surface area contributed by atoms with Crippen molar-refractivity contribution in [1.82, 2.24) is 4.90 Å². The number of thioether (sulfide) groups is 1. The van der Waals surface area contributed by atoms with Gasteiger partial charge in [0.1, 0.15) is 17.6 Å². The van der Waals surface area contributed by atoms with Gasteiger partial charge in [0.25, 0.3) is 5.24 Å². The molecule has 1 aromatic heterocycles. The molecule has 3 rings (SSSR count). The molecule has 0 radical (unpaired) electrons. The molecule has 0 bridgehead atoms. The number of fused-ring (bicyclic) bond motifs is 1. The minimum absolute atomic E-state index is 0.0808. The predicted octanol–water partition coefficient (Wildman–Crippen LogP) is 3.79. The molecule has 3 amide bonds. The molecule has 2 heterocycles. The summed E-state index contributed by atoms with van der Waals surface area (Å²) in [6.45, 7) is 6.47. The largest absolute Gasteiger partial charge is 0.315 e. The Kier molecular flexibility index (Phi) is 5.63. The number of thiophene rings is 1. The molecule has 6 nitrogen and oxygen atoms in total. The van der Waals surface area contributed by atoms with Gasteiger partial charge in [0, 0.05) is 4.88 Å².